The fraction of sp³-hybridized carbons (Fsp3) is 0.357. The molecule has 0 radical (unpaired) electrons. The topological polar surface area (TPSA) is 55.1 Å². The first-order chi connectivity index (χ1) is 8.21. The summed E-state index contributed by atoms with van der Waals surface area (Å²) in [6.45, 7) is 4.24. The van der Waals surface area contributed by atoms with Crippen LogP contribution in [0.2, 0.25) is 0 Å². The van der Waals surface area contributed by atoms with E-state index in [9.17, 15) is 4.79 Å². The Morgan fingerprint density at radius 2 is 2.18 bits per heavy atom. The number of rotatable bonds is 3. The smallest absolute Gasteiger partial charge is 0.224 e. The summed E-state index contributed by atoms with van der Waals surface area (Å²) in [6, 6.07) is 5.79. The molecule has 1 aromatic rings. The van der Waals surface area contributed by atoms with E-state index >= 15 is 0 Å². The summed E-state index contributed by atoms with van der Waals surface area (Å²) in [5, 5.41) is 2.88. The van der Waals surface area contributed by atoms with Gasteiger partial charge in [-0.15, -0.1) is 0 Å². The lowest BCUT2D eigenvalue weighted by atomic mass is 10.1. The Kier molecular flexibility index (Phi) is 5.25. The number of carbonyl (C=O) groups excluding carboxylic acids is 1. The fourth-order valence-electron chi connectivity index (χ4n) is 1.48. The predicted octanol–water partition coefficient (Wildman–Crippen LogP) is 1.91. The Morgan fingerprint density at radius 3 is 2.76 bits per heavy atom. The number of hydrogen-bond donors (Lipinski definition) is 2. The van der Waals surface area contributed by atoms with Crippen LogP contribution in [-0.4, -0.2) is 12.5 Å². The van der Waals surface area contributed by atoms with E-state index < -0.39 is 0 Å². The summed E-state index contributed by atoms with van der Waals surface area (Å²) in [7, 11) is 0. The molecule has 1 amide bonds. The van der Waals surface area contributed by atoms with Gasteiger partial charge in [0.25, 0.3) is 0 Å². The normalized spacial score (nSPS) is 9.35. The number of nitrogens with one attached hydrogen (secondary N) is 1. The molecule has 0 spiro atoms. The molecule has 3 N–H and O–H groups in total. The summed E-state index contributed by atoms with van der Waals surface area (Å²) in [5.41, 5.74) is 8.23. The van der Waals surface area contributed by atoms with Gasteiger partial charge in [-0.1, -0.05) is 25.7 Å². The minimum atomic E-state index is 0.0282. The van der Waals surface area contributed by atoms with Crippen LogP contribution in [0.25, 0.3) is 0 Å². The van der Waals surface area contributed by atoms with Crippen molar-refractivity contribution in [3.05, 3.63) is 29.3 Å². The van der Waals surface area contributed by atoms with Crippen molar-refractivity contribution in [2.75, 3.05) is 11.9 Å². The quantitative estimate of drug-likeness (QED) is 0.779. The average Bonchev–Trinajstić information content (AvgIpc) is 2.37. The Hall–Kier alpha value is -1.79. The van der Waals surface area contributed by atoms with Crippen LogP contribution in [0.1, 0.15) is 31.4 Å². The SMILES string of the molecule is CCC(=O)Nc1ccc(C#CCN)cc1CC. The zero-order valence-corrected chi connectivity index (χ0v) is 10.3. The number of carbonyl (C=O) groups is 1. The largest absolute Gasteiger partial charge is 0.326 e. The highest BCUT2D eigenvalue weighted by Crippen LogP contribution is 2.18. The second kappa shape index (κ2) is 6.72. The standard InChI is InChI=1S/C14H18N2O/c1-3-12-10-11(6-5-9-15)7-8-13(12)16-14(17)4-2/h7-8,10H,3-4,9,15H2,1-2H3,(H,16,17). The minimum absolute atomic E-state index is 0.0282. The third-order valence-corrected chi connectivity index (χ3v) is 2.42. The van der Waals surface area contributed by atoms with Crippen LogP contribution in [0, 0.1) is 11.8 Å². The zero-order valence-electron chi connectivity index (χ0n) is 10.3. The first-order valence-corrected chi connectivity index (χ1v) is 5.83. The van der Waals surface area contributed by atoms with E-state index in [1.165, 1.54) is 0 Å². The molecule has 0 saturated heterocycles. The lowest BCUT2D eigenvalue weighted by Gasteiger charge is -2.09. The van der Waals surface area contributed by atoms with E-state index in [0.717, 1.165) is 23.2 Å². The molecule has 1 rings (SSSR count). The Balaban J connectivity index is 2.96. The molecule has 1 aromatic carbocycles. The molecule has 0 unspecified atom stereocenters. The van der Waals surface area contributed by atoms with Crippen molar-refractivity contribution in [2.24, 2.45) is 5.73 Å². The first kappa shape index (κ1) is 13.3. The van der Waals surface area contributed by atoms with Crippen LogP contribution in [0.15, 0.2) is 18.2 Å². The molecule has 0 aromatic heterocycles. The molecule has 0 aliphatic rings. The zero-order chi connectivity index (χ0) is 12.7. The van der Waals surface area contributed by atoms with Crippen LogP contribution >= 0.6 is 0 Å². The highest BCUT2D eigenvalue weighted by atomic mass is 16.1. The molecule has 3 heteroatoms. The third-order valence-electron chi connectivity index (χ3n) is 2.42. The molecular formula is C14H18N2O. The van der Waals surface area contributed by atoms with Crippen LogP contribution in [-0.2, 0) is 11.2 Å². The Labute approximate surface area is 102 Å². The van der Waals surface area contributed by atoms with Crippen molar-refractivity contribution in [1.29, 1.82) is 0 Å². The molecule has 0 heterocycles. The van der Waals surface area contributed by atoms with Gasteiger partial charge >= 0.3 is 0 Å². The van der Waals surface area contributed by atoms with E-state index in [1.807, 2.05) is 25.1 Å². The number of nitrogens with two attached hydrogens (primary N) is 1. The first-order valence-electron chi connectivity index (χ1n) is 5.83. The molecule has 0 saturated carbocycles. The maximum atomic E-state index is 11.4. The summed E-state index contributed by atoms with van der Waals surface area (Å²) in [5.74, 6) is 5.83. The van der Waals surface area contributed by atoms with E-state index in [0.29, 0.717) is 13.0 Å². The molecule has 0 aliphatic carbocycles. The van der Waals surface area contributed by atoms with Crippen LogP contribution in [0.3, 0.4) is 0 Å². The third kappa shape index (κ3) is 3.93. The summed E-state index contributed by atoms with van der Waals surface area (Å²) >= 11 is 0. The predicted molar refractivity (Wildman–Crippen MR) is 70.7 cm³/mol. The lowest BCUT2D eigenvalue weighted by Crippen LogP contribution is -2.11. The van der Waals surface area contributed by atoms with E-state index in [-0.39, 0.29) is 5.91 Å². The van der Waals surface area contributed by atoms with Crippen LogP contribution in [0.5, 0.6) is 0 Å². The molecule has 0 bridgehead atoms. The van der Waals surface area contributed by atoms with Gasteiger partial charge in [-0.05, 0) is 30.2 Å². The number of hydrogen-bond acceptors (Lipinski definition) is 2. The van der Waals surface area contributed by atoms with Crippen molar-refractivity contribution < 1.29 is 4.79 Å². The van der Waals surface area contributed by atoms with Gasteiger partial charge in [0.15, 0.2) is 0 Å². The molecule has 0 fully saturated rings. The van der Waals surface area contributed by atoms with E-state index in [4.69, 9.17) is 5.73 Å². The van der Waals surface area contributed by atoms with Gasteiger partial charge in [-0.25, -0.2) is 0 Å². The van der Waals surface area contributed by atoms with Gasteiger partial charge in [0.1, 0.15) is 0 Å². The van der Waals surface area contributed by atoms with Gasteiger partial charge in [-0.3, -0.25) is 4.79 Å². The second-order valence-corrected chi connectivity index (χ2v) is 3.63. The number of amides is 1. The van der Waals surface area contributed by atoms with Crippen molar-refractivity contribution >= 4 is 11.6 Å². The second-order valence-electron chi connectivity index (χ2n) is 3.63. The molecule has 17 heavy (non-hydrogen) atoms. The van der Waals surface area contributed by atoms with E-state index in [1.54, 1.807) is 0 Å². The van der Waals surface area contributed by atoms with Gasteiger partial charge in [-0.2, -0.15) is 0 Å². The van der Waals surface area contributed by atoms with Crippen molar-refractivity contribution in [3.8, 4) is 11.8 Å². The van der Waals surface area contributed by atoms with Gasteiger partial charge in [0, 0.05) is 17.7 Å². The van der Waals surface area contributed by atoms with Crippen LogP contribution < -0.4 is 11.1 Å². The fourth-order valence-corrected chi connectivity index (χ4v) is 1.48. The highest BCUT2D eigenvalue weighted by molar-refractivity contribution is 5.91. The van der Waals surface area contributed by atoms with Crippen LogP contribution in [0.4, 0.5) is 5.69 Å². The van der Waals surface area contributed by atoms with Crippen molar-refractivity contribution in [1.82, 2.24) is 0 Å². The molecule has 3 nitrogen and oxygen atoms in total. The Morgan fingerprint density at radius 1 is 1.41 bits per heavy atom. The Bertz CT molecular complexity index is 455. The van der Waals surface area contributed by atoms with Gasteiger partial charge < -0.3 is 11.1 Å². The average molecular weight is 230 g/mol. The summed E-state index contributed by atoms with van der Waals surface area (Å²) in [4.78, 5) is 11.4. The lowest BCUT2D eigenvalue weighted by molar-refractivity contribution is -0.115. The number of anilines is 1. The van der Waals surface area contributed by atoms with Gasteiger partial charge in [0.2, 0.25) is 5.91 Å². The van der Waals surface area contributed by atoms with Gasteiger partial charge in [0.05, 0.1) is 6.54 Å². The summed E-state index contributed by atoms with van der Waals surface area (Å²) < 4.78 is 0. The molecule has 90 valence electrons. The number of aryl methyl sites for hydroxylation is 1. The van der Waals surface area contributed by atoms with E-state index in [2.05, 4.69) is 24.1 Å². The maximum Gasteiger partial charge on any atom is 0.224 e. The van der Waals surface area contributed by atoms with Crippen molar-refractivity contribution in [3.63, 3.8) is 0 Å². The summed E-state index contributed by atoms with van der Waals surface area (Å²) in [6.07, 6.45) is 1.34. The molecule has 0 atom stereocenters. The highest BCUT2D eigenvalue weighted by Gasteiger charge is 2.04. The molecule has 0 aliphatic heterocycles. The molecular weight excluding hydrogens is 212 g/mol. The minimum Gasteiger partial charge on any atom is -0.326 e. The van der Waals surface area contributed by atoms with Crippen molar-refractivity contribution in [2.45, 2.75) is 26.7 Å². The number of benzene rings is 1. The maximum absolute atomic E-state index is 11.4. The monoisotopic (exact) mass is 230 g/mol.